The average molecular weight is 434 g/mol. The molecule has 156 valence electrons. The van der Waals surface area contributed by atoms with Crippen LogP contribution in [0.2, 0.25) is 0 Å². The molecule has 4 aromatic carbocycles. The molecule has 0 aromatic heterocycles. The predicted octanol–water partition coefficient (Wildman–Crippen LogP) is 5.07. The van der Waals surface area contributed by atoms with Gasteiger partial charge in [0.1, 0.15) is 11.5 Å². The van der Waals surface area contributed by atoms with E-state index < -0.39 is 25.2 Å². The highest BCUT2D eigenvalue weighted by Crippen LogP contribution is 2.46. The molecule has 0 amide bonds. The third-order valence-electron chi connectivity index (χ3n) is 4.59. The van der Waals surface area contributed by atoms with Gasteiger partial charge in [-0.25, -0.2) is 9.59 Å². The van der Waals surface area contributed by atoms with Crippen molar-refractivity contribution in [3.8, 4) is 11.5 Å². The Kier molecular flexibility index (Phi) is 5.95. The molecule has 4 rings (SSSR count). The number of ether oxygens (including phenoxy) is 2. The lowest BCUT2D eigenvalue weighted by Crippen LogP contribution is -2.10. The van der Waals surface area contributed by atoms with Crippen LogP contribution in [0.25, 0.3) is 21.5 Å². The van der Waals surface area contributed by atoms with E-state index in [4.69, 9.17) is 19.7 Å². The summed E-state index contributed by atoms with van der Waals surface area (Å²) in [6.07, 6.45) is 0. The van der Waals surface area contributed by atoms with E-state index in [0.717, 1.165) is 31.3 Å². The van der Waals surface area contributed by atoms with Gasteiger partial charge in [-0.05, 0) is 33.7 Å². The molecule has 7 heteroatoms. The second-order valence-corrected chi connectivity index (χ2v) is 7.72. The fourth-order valence-corrected chi connectivity index (χ4v) is 4.52. The summed E-state index contributed by atoms with van der Waals surface area (Å²) in [5.74, 6) is -1.27. The third kappa shape index (κ3) is 4.57. The Bertz CT molecular complexity index is 1180. The van der Waals surface area contributed by atoms with Crippen LogP contribution in [0.5, 0.6) is 11.5 Å². The van der Waals surface area contributed by atoms with Gasteiger partial charge in [0, 0.05) is 0 Å². The SMILES string of the molecule is O=C(O)COc1ccc2ccccc2c1Sc1c(OCC(=O)O)ccc2ccccc12. The van der Waals surface area contributed by atoms with Crippen LogP contribution >= 0.6 is 11.8 Å². The van der Waals surface area contributed by atoms with Crippen molar-refractivity contribution in [3.63, 3.8) is 0 Å². The Balaban J connectivity index is 1.88. The Morgan fingerprint density at radius 1 is 0.645 bits per heavy atom. The average Bonchev–Trinajstić information content (AvgIpc) is 2.77. The van der Waals surface area contributed by atoms with Gasteiger partial charge >= 0.3 is 11.9 Å². The fraction of sp³-hybridized carbons (Fsp3) is 0.0833. The molecule has 0 saturated heterocycles. The largest absolute Gasteiger partial charge is 0.481 e. The van der Waals surface area contributed by atoms with Crippen LogP contribution in [0.3, 0.4) is 0 Å². The number of carboxylic acids is 2. The van der Waals surface area contributed by atoms with Crippen molar-refractivity contribution in [3.05, 3.63) is 72.8 Å². The van der Waals surface area contributed by atoms with Gasteiger partial charge in [0.15, 0.2) is 13.2 Å². The molecule has 2 N–H and O–H groups in total. The molecule has 0 fully saturated rings. The lowest BCUT2D eigenvalue weighted by Gasteiger charge is -2.17. The molecule has 0 saturated carbocycles. The summed E-state index contributed by atoms with van der Waals surface area (Å²) in [7, 11) is 0. The minimum absolute atomic E-state index is 0.434. The molecule has 0 radical (unpaired) electrons. The van der Waals surface area contributed by atoms with Gasteiger partial charge in [-0.3, -0.25) is 0 Å². The topological polar surface area (TPSA) is 93.1 Å². The van der Waals surface area contributed by atoms with E-state index in [-0.39, 0.29) is 0 Å². The quantitative estimate of drug-likeness (QED) is 0.400. The first-order chi connectivity index (χ1) is 15.0. The van der Waals surface area contributed by atoms with E-state index in [9.17, 15) is 9.59 Å². The highest BCUT2D eigenvalue weighted by molar-refractivity contribution is 8.00. The number of hydrogen-bond donors (Lipinski definition) is 2. The number of fused-ring (bicyclic) bond motifs is 2. The Morgan fingerprint density at radius 2 is 1.06 bits per heavy atom. The molecular weight excluding hydrogens is 416 g/mol. The summed E-state index contributed by atoms with van der Waals surface area (Å²) >= 11 is 1.37. The minimum Gasteiger partial charge on any atom is -0.481 e. The summed E-state index contributed by atoms with van der Waals surface area (Å²) in [5, 5.41) is 21.9. The Labute approximate surface area is 182 Å². The molecular formula is C24H18O6S. The predicted molar refractivity (Wildman–Crippen MR) is 118 cm³/mol. The molecule has 0 spiro atoms. The van der Waals surface area contributed by atoms with Crippen LogP contribution in [0, 0.1) is 0 Å². The van der Waals surface area contributed by atoms with Crippen molar-refractivity contribution in [1.82, 2.24) is 0 Å². The molecule has 0 aliphatic heterocycles. The van der Waals surface area contributed by atoms with Gasteiger partial charge in [-0.2, -0.15) is 0 Å². The lowest BCUT2D eigenvalue weighted by molar-refractivity contribution is -0.140. The smallest absolute Gasteiger partial charge is 0.341 e. The standard InChI is InChI=1S/C24H18O6S/c25-21(26)13-29-19-11-9-15-5-1-3-7-17(15)23(19)31-24-18-8-4-2-6-16(18)10-12-20(24)30-14-22(27)28/h1-12H,13-14H2,(H,25,26)(H,27,28). The summed E-state index contributed by atoms with van der Waals surface area (Å²) in [6.45, 7) is -0.937. The number of aliphatic carboxylic acids is 2. The lowest BCUT2D eigenvalue weighted by atomic mass is 10.1. The molecule has 0 heterocycles. The highest BCUT2D eigenvalue weighted by Gasteiger charge is 2.17. The van der Waals surface area contributed by atoms with Crippen LogP contribution in [-0.4, -0.2) is 35.4 Å². The van der Waals surface area contributed by atoms with Crippen molar-refractivity contribution < 1.29 is 29.3 Å². The summed E-state index contributed by atoms with van der Waals surface area (Å²) < 4.78 is 11.1. The zero-order valence-electron chi connectivity index (χ0n) is 16.3. The van der Waals surface area contributed by atoms with Gasteiger partial charge < -0.3 is 19.7 Å². The van der Waals surface area contributed by atoms with Crippen molar-refractivity contribution in [1.29, 1.82) is 0 Å². The van der Waals surface area contributed by atoms with Crippen molar-refractivity contribution in [2.75, 3.05) is 13.2 Å². The number of carboxylic acid groups (broad SMARTS) is 2. The second kappa shape index (κ2) is 8.97. The van der Waals surface area contributed by atoms with Crippen molar-refractivity contribution in [2.45, 2.75) is 9.79 Å². The zero-order chi connectivity index (χ0) is 21.8. The fourth-order valence-electron chi connectivity index (χ4n) is 3.26. The first kappa shape index (κ1) is 20.6. The van der Waals surface area contributed by atoms with Crippen molar-refractivity contribution >= 4 is 45.2 Å². The van der Waals surface area contributed by atoms with E-state index in [1.807, 2.05) is 60.7 Å². The molecule has 0 aliphatic carbocycles. The van der Waals surface area contributed by atoms with E-state index in [1.54, 1.807) is 12.1 Å². The summed E-state index contributed by atoms with van der Waals surface area (Å²) in [5.41, 5.74) is 0. The van der Waals surface area contributed by atoms with Gasteiger partial charge in [0.05, 0.1) is 9.79 Å². The Morgan fingerprint density at radius 3 is 1.48 bits per heavy atom. The first-order valence-electron chi connectivity index (χ1n) is 9.43. The van der Waals surface area contributed by atoms with E-state index in [1.165, 1.54) is 11.8 Å². The summed E-state index contributed by atoms with van der Waals surface area (Å²) in [4.78, 5) is 23.6. The summed E-state index contributed by atoms with van der Waals surface area (Å²) in [6, 6.07) is 22.7. The van der Waals surface area contributed by atoms with Gasteiger partial charge in [0.2, 0.25) is 0 Å². The monoisotopic (exact) mass is 434 g/mol. The third-order valence-corrected chi connectivity index (χ3v) is 5.84. The molecule has 6 nitrogen and oxygen atoms in total. The maximum absolute atomic E-state index is 11.1. The minimum atomic E-state index is -1.07. The first-order valence-corrected chi connectivity index (χ1v) is 10.2. The number of hydrogen-bond acceptors (Lipinski definition) is 5. The normalized spacial score (nSPS) is 10.8. The molecule has 31 heavy (non-hydrogen) atoms. The molecule has 4 aromatic rings. The second-order valence-electron chi connectivity index (χ2n) is 6.69. The van der Waals surface area contributed by atoms with Gasteiger partial charge in [-0.15, -0.1) is 0 Å². The Hall–Kier alpha value is -3.71. The van der Waals surface area contributed by atoms with Crippen LogP contribution in [0.1, 0.15) is 0 Å². The number of benzene rings is 4. The van der Waals surface area contributed by atoms with Crippen LogP contribution < -0.4 is 9.47 Å². The van der Waals surface area contributed by atoms with Crippen LogP contribution in [0.4, 0.5) is 0 Å². The molecule has 0 bridgehead atoms. The maximum Gasteiger partial charge on any atom is 0.341 e. The van der Waals surface area contributed by atoms with Crippen LogP contribution in [-0.2, 0) is 9.59 Å². The molecule has 0 atom stereocenters. The van der Waals surface area contributed by atoms with E-state index >= 15 is 0 Å². The van der Waals surface area contributed by atoms with Crippen molar-refractivity contribution in [2.24, 2.45) is 0 Å². The van der Waals surface area contributed by atoms with Gasteiger partial charge in [0.25, 0.3) is 0 Å². The maximum atomic E-state index is 11.1. The molecule has 0 aliphatic rings. The zero-order valence-corrected chi connectivity index (χ0v) is 17.1. The highest BCUT2D eigenvalue weighted by atomic mass is 32.2. The van der Waals surface area contributed by atoms with E-state index in [0.29, 0.717) is 11.5 Å². The molecule has 0 unspecified atom stereocenters. The van der Waals surface area contributed by atoms with E-state index in [2.05, 4.69) is 0 Å². The van der Waals surface area contributed by atoms with Gasteiger partial charge in [-0.1, -0.05) is 72.4 Å². The number of carbonyl (C=O) groups is 2. The van der Waals surface area contributed by atoms with Crippen LogP contribution in [0.15, 0.2) is 82.6 Å². The number of rotatable bonds is 8.